The van der Waals surface area contributed by atoms with Crippen LogP contribution >= 0.6 is 15.6 Å². The Bertz CT molecular complexity index is 1960. The Morgan fingerprint density at radius 1 is 1.00 bits per heavy atom. The molecular formula is C29H42N8O16P2. The molecule has 3 aromatic rings. The van der Waals surface area contributed by atoms with E-state index in [0.717, 1.165) is 17.4 Å². The molecule has 304 valence electrons. The van der Waals surface area contributed by atoms with Crippen LogP contribution in [-0.2, 0) is 51.2 Å². The number of nitrogen functional groups attached to an aromatic ring is 2. The van der Waals surface area contributed by atoms with Crippen molar-refractivity contribution >= 4 is 44.4 Å². The molecule has 6 heterocycles. The van der Waals surface area contributed by atoms with Gasteiger partial charge in [-0.3, -0.25) is 27.5 Å². The maximum atomic E-state index is 13.7. The predicted molar refractivity (Wildman–Crippen MR) is 183 cm³/mol. The maximum Gasteiger partial charge on any atom is 0.472 e. The molecule has 0 saturated carbocycles. The summed E-state index contributed by atoms with van der Waals surface area (Å²) in [6, 6.07) is 1.27. The van der Waals surface area contributed by atoms with E-state index < -0.39 is 95.9 Å². The monoisotopic (exact) mass is 820 g/mol. The van der Waals surface area contributed by atoms with E-state index in [1.165, 1.54) is 29.5 Å². The smallest absolute Gasteiger partial charge is 0.457 e. The fraction of sp³-hybridized carbons (Fsp3) is 0.655. The van der Waals surface area contributed by atoms with E-state index in [0.29, 0.717) is 25.9 Å². The average Bonchev–Trinajstić information content (AvgIpc) is 3.91. The highest BCUT2D eigenvalue weighted by atomic mass is 31.2. The van der Waals surface area contributed by atoms with Gasteiger partial charge < -0.3 is 54.9 Å². The number of esters is 1. The number of aromatic nitrogens is 6. The zero-order valence-electron chi connectivity index (χ0n) is 29.3. The summed E-state index contributed by atoms with van der Waals surface area (Å²) >= 11 is 0. The van der Waals surface area contributed by atoms with E-state index in [2.05, 4.69) is 24.5 Å². The quantitative estimate of drug-likeness (QED) is 0.0594. The lowest BCUT2D eigenvalue weighted by Crippen LogP contribution is -2.42. The fourth-order valence-corrected chi connectivity index (χ4v) is 7.63. The summed E-state index contributed by atoms with van der Waals surface area (Å²) in [6.07, 6.45) is -6.01. The summed E-state index contributed by atoms with van der Waals surface area (Å²) < 4.78 is 72.4. The molecule has 6 unspecified atom stereocenters. The Morgan fingerprint density at radius 3 is 2.45 bits per heavy atom. The fourth-order valence-electron chi connectivity index (χ4n) is 6.33. The topological polar surface area (TPSA) is 336 Å². The highest BCUT2D eigenvalue weighted by molar-refractivity contribution is 7.47. The highest BCUT2D eigenvalue weighted by Gasteiger charge is 2.53. The third kappa shape index (κ3) is 9.92. The number of hydrogen-bond acceptors (Lipinski definition) is 19. The molecule has 3 aliphatic rings. The number of rotatable bonds is 17. The molecule has 0 bridgehead atoms. The number of carbonyl (C=O) groups is 1. The number of imidazole rings is 1. The van der Waals surface area contributed by atoms with Gasteiger partial charge in [0.05, 0.1) is 19.5 Å². The lowest BCUT2D eigenvalue weighted by molar-refractivity contribution is -0.181. The summed E-state index contributed by atoms with van der Waals surface area (Å²) in [5, 5.41) is 11.4. The molecule has 0 radical (unpaired) electrons. The summed E-state index contributed by atoms with van der Waals surface area (Å²) in [4.78, 5) is 71.6. The van der Waals surface area contributed by atoms with Gasteiger partial charge >= 0.3 is 27.3 Å². The van der Waals surface area contributed by atoms with Crippen molar-refractivity contribution in [2.45, 2.75) is 101 Å². The first-order valence-electron chi connectivity index (χ1n) is 17.2. The molecule has 55 heavy (non-hydrogen) atoms. The normalized spacial score (nSPS) is 29.5. The first kappa shape index (κ1) is 41.2. The third-order valence-electron chi connectivity index (χ3n) is 8.89. The van der Waals surface area contributed by atoms with Crippen LogP contribution in [0.4, 0.5) is 11.6 Å². The zero-order valence-corrected chi connectivity index (χ0v) is 31.1. The molecule has 0 aromatic carbocycles. The van der Waals surface area contributed by atoms with Gasteiger partial charge in [-0.1, -0.05) is 19.8 Å². The molecule has 10 atom stereocenters. The van der Waals surface area contributed by atoms with Gasteiger partial charge in [-0.05, 0) is 18.9 Å². The van der Waals surface area contributed by atoms with E-state index in [1.54, 1.807) is 0 Å². The standard InChI is InChI=1S/C29H42N8O16P2/c1-2-3-4-6-18(38)51-22-15(49-27(21(22)39)37-14-34-20-25(31)32-13-33-26(20)37)12-48-55(44,45)53-23-16(11-47-54(41,42)43)50-28(24(23)52-19-7-5-10-46-19)36-9-8-17(30)35-29(36)40/h8-9,13-16,19,21-24,27-28,39H,2-7,10-12H2,1H3,(H,44,45)(H2,30,35,40)(H2,31,32,33)(H2,41,42,43)/t15?,16-,19?,21?,22?,23-,24-,27?,28-/m1/s1. The van der Waals surface area contributed by atoms with Gasteiger partial charge in [0.2, 0.25) is 0 Å². The molecule has 0 aliphatic carbocycles. The zero-order chi connectivity index (χ0) is 39.5. The Hall–Kier alpha value is -3.48. The minimum atomic E-state index is -5.28. The number of fused-ring (bicyclic) bond motifs is 1. The summed E-state index contributed by atoms with van der Waals surface area (Å²) in [5.41, 5.74) is 11.0. The van der Waals surface area contributed by atoms with Crippen LogP contribution in [0.5, 0.6) is 0 Å². The lowest BCUT2D eigenvalue weighted by Gasteiger charge is -2.28. The molecule has 3 aliphatic heterocycles. The van der Waals surface area contributed by atoms with Crippen LogP contribution in [0.1, 0.15) is 57.9 Å². The summed E-state index contributed by atoms with van der Waals surface area (Å²) in [6.45, 7) is 0.557. The van der Waals surface area contributed by atoms with Crippen molar-refractivity contribution in [3.63, 3.8) is 0 Å². The van der Waals surface area contributed by atoms with Gasteiger partial charge in [-0.25, -0.2) is 28.9 Å². The number of nitrogens with two attached hydrogens (primary N) is 2. The van der Waals surface area contributed by atoms with Crippen LogP contribution in [-0.4, -0.2) is 118 Å². The van der Waals surface area contributed by atoms with Crippen LogP contribution in [0, 0.1) is 0 Å². The van der Waals surface area contributed by atoms with E-state index in [1.807, 2.05) is 6.92 Å². The van der Waals surface area contributed by atoms with Crippen molar-refractivity contribution in [1.82, 2.24) is 29.1 Å². The van der Waals surface area contributed by atoms with Crippen LogP contribution in [0.25, 0.3) is 11.2 Å². The van der Waals surface area contributed by atoms with E-state index in [4.69, 9.17) is 44.2 Å². The van der Waals surface area contributed by atoms with Gasteiger partial charge in [-0.15, -0.1) is 0 Å². The molecule has 3 fully saturated rings. The minimum Gasteiger partial charge on any atom is -0.457 e. The van der Waals surface area contributed by atoms with E-state index in [9.17, 15) is 38.5 Å². The maximum absolute atomic E-state index is 13.7. The number of carbonyl (C=O) groups excluding carboxylic acids is 1. The molecule has 8 N–H and O–H groups in total. The first-order valence-corrected chi connectivity index (χ1v) is 20.3. The number of nitrogens with zero attached hydrogens (tertiary/aromatic N) is 6. The van der Waals surface area contributed by atoms with Crippen LogP contribution in [0.3, 0.4) is 0 Å². The second kappa shape index (κ2) is 17.3. The molecule has 0 spiro atoms. The number of aliphatic hydroxyl groups excluding tert-OH is 1. The Morgan fingerprint density at radius 2 is 1.75 bits per heavy atom. The second-order valence-corrected chi connectivity index (χ2v) is 15.5. The molecular weight excluding hydrogens is 778 g/mol. The number of phosphoric acid groups is 2. The SMILES string of the molecule is CCCCCC(=O)OC1C(COP(=O)(O)O[C@H]2[C@@H](OC3CCCO3)[C@H](n3ccc(N)nc3=O)O[C@@H]2COP(=O)(O)O)OC(n2cnc3c(N)ncnc32)C1O. The van der Waals surface area contributed by atoms with Crippen molar-refractivity contribution in [3.8, 4) is 0 Å². The number of aliphatic hydroxyl groups is 1. The molecule has 3 aromatic heterocycles. The van der Waals surface area contributed by atoms with Gasteiger partial charge in [0.25, 0.3) is 0 Å². The molecule has 0 amide bonds. The minimum absolute atomic E-state index is 0.0221. The number of hydrogen-bond donors (Lipinski definition) is 6. The molecule has 24 nitrogen and oxygen atoms in total. The Kier molecular flexibility index (Phi) is 13.0. The van der Waals surface area contributed by atoms with Gasteiger partial charge in [-0.2, -0.15) is 4.98 Å². The summed E-state index contributed by atoms with van der Waals surface area (Å²) in [5.74, 6) is -0.737. The van der Waals surface area contributed by atoms with Crippen molar-refractivity contribution in [3.05, 3.63) is 35.4 Å². The van der Waals surface area contributed by atoms with Crippen molar-refractivity contribution in [2.75, 3.05) is 31.3 Å². The lowest BCUT2D eigenvalue weighted by atomic mass is 10.1. The molecule has 6 rings (SSSR count). The predicted octanol–water partition coefficient (Wildman–Crippen LogP) is 0.0286. The number of ether oxygens (including phenoxy) is 5. The van der Waals surface area contributed by atoms with Gasteiger partial charge in [0, 0.05) is 25.6 Å². The second-order valence-electron chi connectivity index (χ2n) is 12.8. The Balaban J connectivity index is 1.25. The van der Waals surface area contributed by atoms with E-state index >= 15 is 0 Å². The highest BCUT2D eigenvalue weighted by Crippen LogP contribution is 2.51. The Labute approximate surface area is 311 Å². The van der Waals surface area contributed by atoms with Crippen LogP contribution in [0.2, 0.25) is 0 Å². The van der Waals surface area contributed by atoms with E-state index in [-0.39, 0.29) is 29.2 Å². The van der Waals surface area contributed by atoms with Crippen molar-refractivity contribution in [1.29, 1.82) is 0 Å². The third-order valence-corrected chi connectivity index (χ3v) is 10.4. The average molecular weight is 821 g/mol. The van der Waals surface area contributed by atoms with Crippen molar-refractivity contribution in [2.24, 2.45) is 0 Å². The van der Waals surface area contributed by atoms with Crippen LogP contribution < -0.4 is 17.2 Å². The largest absolute Gasteiger partial charge is 0.472 e. The van der Waals surface area contributed by atoms with Gasteiger partial charge in [0.15, 0.2) is 36.3 Å². The first-order chi connectivity index (χ1) is 26.1. The van der Waals surface area contributed by atoms with Gasteiger partial charge in [0.1, 0.15) is 48.2 Å². The summed E-state index contributed by atoms with van der Waals surface area (Å²) in [7, 11) is -10.4. The van der Waals surface area contributed by atoms with Crippen LogP contribution in [0.15, 0.2) is 29.7 Å². The number of phosphoric ester groups is 2. The molecule has 3 saturated heterocycles. The number of unbranched alkanes of at least 4 members (excludes halogenated alkanes) is 2. The van der Waals surface area contributed by atoms with Crippen molar-refractivity contribution < 1.29 is 71.0 Å². The molecule has 26 heteroatoms. The number of anilines is 2.